The maximum atomic E-state index is 12.8. The fraction of sp³-hybridized carbons (Fsp3) is 0.423. The molecule has 0 aliphatic heterocycles. The number of aromatic nitrogens is 1. The van der Waals surface area contributed by atoms with Crippen molar-refractivity contribution in [1.82, 2.24) is 10.3 Å². The summed E-state index contributed by atoms with van der Waals surface area (Å²) in [6.07, 6.45) is 5.23. The molecule has 0 atom stereocenters. The van der Waals surface area contributed by atoms with E-state index in [1.54, 1.807) is 19.1 Å². The van der Waals surface area contributed by atoms with Crippen molar-refractivity contribution in [3.05, 3.63) is 58.9 Å². The zero-order valence-electron chi connectivity index (χ0n) is 19.7. The van der Waals surface area contributed by atoms with E-state index in [2.05, 4.69) is 15.6 Å². The van der Waals surface area contributed by atoms with E-state index in [4.69, 9.17) is 8.83 Å². The van der Waals surface area contributed by atoms with E-state index < -0.39 is 0 Å². The fourth-order valence-electron chi connectivity index (χ4n) is 4.47. The number of hydrogen-bond acceptors (Lipinski definition) is 5. The zero-order chi connectivity index (χ0) is 23.6. The van der Waals surface area contributed by atoms with Gasteiger partial charge in [0.25, 0.3) is 5.91 Å². The first-order valence-electron chi connectivity index (χ1n) is 11.5. The van der Waals surface area contributed by atoms with E-state index in [1.807, 2.05) is 39.0 Å². The highest BCUT2D eigenvalue weighted by Gasteiger charge is 2.34. The Morgan fingerprint density at radius 1 is 1.03 bits per heavy atom. The summed E-state index contributed by atoms with van der Waals surface area (Å²) in [6.45, 7) is 7.76. The molecule has 1 aromatic carbocycles. The minimum absolute atomic E-state index is 0.0737. The third kappa shape index (κ3) is 4.87. The van der Waals surface area contributed by atoms with Crippen molar-refractivity contribution < 1.29 is 18.4 Å². The number of para-hydroxylation sites is 1. The largest absolute Gasteiger partial charge is 0.466 e. The smallest absolute Gasteiger partial charge is 0.259 e. The average molecular weight is 450 g/mol. The summed E-state index contributed by atoms with van der Waals surface area (Å²) in [6, 6.07) is 9.08. The second-order valence-corrected chi connectivity index (χ2v) is 9.15. The van der Waals surface area contributed by atoms with Gasteiger partial charge in [-0.1, -0.05) is 38.3 Å². The summed E-state index contributed by atoms with van der Waals surface area (Å²) < 4.78 is 11.4. The lowest BCUT2D eigenvalue weighted by molar-refractivity contribution is -0.132. The van der Waals surface area contributed by atoms with Crippen molar-refractivity contribution in [3.8, 4) is 11.5 Å². The highest BCUT2D eigenvalue weighted by Crippen LogP contribution is 2.36. The van der Waals surface area contributed by atoms with Gasteiger partial charge >= 0.3 is 0 Å². The predicted molar refractivity (Wildman–Crippen MR) is 126 cm³/mol. The first-order chi connectivity index (χ1) is 15.8. The number of nitrogens with zero attached hydrogens (tertiary/aromatic N) is 1. The normalized spacial score (nSPS) is 15.3. The maximum absolute atomic E-state index is 12.8. The number of rotatable bonds is 6. The average Bonchev–Trinajstić information content (AvgIpc) is 3.33. The zero-order valence-corrected chi connectivity index (χ0v) is 19.7. The highest BCUT2D eigenvalue weighted by atomic mass is 16.4. The van der Waals surface area contributed by atoms with Crippen molar-refractivity contribution in [2.75, 3.05) is 5.32 Å². The van der Waals surface area contributed by atoms with E-state index >= 15 is 0 Å². The third-order valence-electron chi connectivity index (χ3n) is 6.51. The van der Waals surface area contributed by atoms with Gasteiger partial charge in [0.05, 0.1) is 23.4 Å². The molecule has 0 saturated heterocycles. The van der Waals surface area contributed by atoms with Crippen LogP contribution in [-0.4, -0.2) is 16.8 Å². The first-order valence-corrected chi connectivity index (χ1v) is 11.5. The van der Waals surface area contributed by atoms with Crippen LogP contribution in [-0.2, 0) is 11.3 Å². The van der Waals surface area contributed by atoms with Crippen molar-refractivity contribution in [1.29, 1.82) is 0 Å². The Balaban J connectivity index is 1.50. The molecule has 0 radical (unpaired) electrons. The van der Waals surface area contributed by atoms with E-state index in [9.17, 15) is 9.59 Å². The lowest BCUT2D eigenvalue weighted by Crippen LogP contribution is -2.40. The van der Waals surface area contributed by atoms with Crippen LogP contribution in [0, 0.1) is 26.2 Å². The van der Waals surface area contributed by atoms with Gasteiger partial charge in [-0.3, -0.25) is 9.59 Å². The molecule has 0 bridgehead atoms. The molecule has 4 rings (SSSR count). The first kappa shape index (κ1) is 22.8. The van der Waals surface area contributed by atoms with Crippen LogP contribution in [0.15, 0.2) is 39.2 Å². The van der Waals surface area contributed by atoms with E-state index in [-0.39, 0.29) is 17.2 Å². The molecule has 3 aromatic rings. The molecular formula is C26H31N3O4. The Kier molecular flexibility index (Phi) is 6.40. The number of oxazole rings is 1. The minimum atomic E-state index is -0.306. The monoisotopic (exact) mass is 449 g/mol. The van der Waals surface area contributed by atoms with Gasteiger partial charge in [0, 0.05) is 5.41 Å². The van der Waals surface area contributed by atoms with E-state index in [0.29, 0.717) is 52.2 Å². The molecule has 1 aliphatic carbocycles. The number of anilines is 1. The van der Waals surface area contributed by atoms with Gasteiger partial charge < -0.3 is 19.5 Å². The van der Waals surface area contributed by atoms with E-state index in [1.165, 1.54) is 6.42 Å². The maximum Gasteiger partial charge on any atom is 0.259 e. The van der Waals surface area contributed by atoms with Crippen LogP contribution in [0.2, 0.25) is 0 Å². The fourth-order valence-corrected chi connectivity index (χ4v) is 4.47. The van der Waals surface area contributed by atoms with Crippen molar-refractivity contribution in [3.63, 3.8) is 0 Å². The summed E-state index contributed by atoms with van der Waals surface area (Å²) >= 11 is 0. The summed E-state index contributed by atoms with van der Waals surface area (Å²) in [5, 5.41) is 5.99. The van der Waals surface area contributed by atoms with Crippen LogP contribution in [0.1, 0.15) is 72.4 Å². The molecule has 174 valence electrons. The number of benzene rings is 1. The number of nitrogens with one attached hydrogen (secondary N) is 2. The highest BCUT2D eigenvalue weighted by molar-refractivity contribution is 6.06. The second kappa shape index (κ2) is 9.25. The molecule has 1 aliphatic rings. The standard InChI is InChI=1S/C26H31N3O4/c1-16-14-20(17(2)32-16)23(30)28-21-11-7-6-10-19(21)24-29-22(18(3)33-24)15-27-25(31)26(4)12-8-5-9-13-26/h6-7,10-11,14H,5,8-9,12-13,15H2,1-4H3,(H,27,31)(H,28,30). The molecule has 7 heteroatoms. The number of amides is 2. The number of hydrogen-bond donors (Lipinski definition) is 2. The molecule has 2 heterocycles. The summed E-state index contributed by atoms with van der Waals surface area (Å²) in [5.74, 6) is 2.11. The third-order valence-corrected chi connectivity index (χ3v) is 6.51. The number of carbonyl (C=O) groups is 2. The molecule has 1 saturated carbocycles. The molecular weight excluding hydrogens is 418 g/mol. The van der Waals surface area contributed by atoms with Crippen molar-refractivity contribution in [2.45, 2.75) is 66.3 Å². The van der Waals surface area contributed by atoms with Crippen molar-refractivity contribution >= 4 is 17.5 Å². The summed E-state index contributed by atoms with van der Waals surface area (Å²) in [7, 11) is 0. The molecule has 1 fully saturated rings. The van der Waals surface area contributed by atoms with E-state index in [0.717, 1.165) is 25.7 Å². The Morgan fingerprint density at radius 2 is 1.76 bits per heavy atom. The Morgan fingerprint density at radius 3 is 2.45 bits per heavy atom. The van der Waals surface area contributed by atoms with Gasteiger partial charge in [0.1, 0.15) is 23.0 Å². The minimum Gasteiger partial charge on any atom is -0.466 e. The predicted octanol–water partition coefficient (Wildman–Crippen LogP) is 5.70. The van der Waals surface area contributed by atoms with Crippen LogP contribution in [0.4, 0.5) is 5.69 Å². The molecule has 7 nitrogen and oxygen atoms in total. The topological polar surface area (TPSA) is 97.4 Å². The van der Waals surface area contributed by atoms with Gasteiger partial charge in [-0.15, -0.1) is 0 Å². The Labute approximate surface area is 194 Å². The number of aryl methyl sites for hydroxylation is 3. The SMILES string of the molecule is Cc1cc(C(=O)Nc2ccccc2-c2nc(CNC(=O)C3(C)CCCCC3)c(C)o2)c(C)o1. The Hall–Kier alpha value is -3.35. The second-order valence-electron chi connectivity index (χ2n) is 9.15. The number of carbonyl (C=O) groups excluding carboxylic acids is 2. The van der Waals surface area contributed by atoms with Gasteiger partial charge in [-0.05, 0) is 51.8 Å². The molecule has 2 aromatic heterocycles. The molecule has 0 unspecified atom stereocenters. The van der Waals surface area contributed by atoms with Gasteiger partial charge in [0.15, 0.2) is 0 Å². The van der Waals surface area contributed by atoms with Crippen LogP contribution in [0.5, 0.6) is 0 Å². The number of furan rings is 1. The lowest BCUT2D eigenvalue weighted by atomic mass is 9.75. The molecule has 0 spiro atoms. The van der Waals surface area contributed by atoms with Gasteiger partial charge in [-0.25, -0.2) is 4.98 Å². The van der Waals surface area contributed by atoms with Crippen molar-refractivity contribution in [2.24, 2.45) is 5.41 Å². The molecule has 33 heavy (non-hydrogen) atoms. The summed E-state index contributed by atoms with van der Waals surface area (Å²) in [5.41, 5.74) is 2.13. The molecule has 2 amide bonds. The molecule has 2 N–H and O–H groups in total. The quantitative estimate of drug-likeness (QED) is 0.503. The Bertz CT molecular complexity index is 1170. The lowest BCUT2D eigenvalue weighted by Gasteiger charge is -2.31. The summed E-state index contributed by atoms with van der Waals surface area (Å²) in [4.78, 5) is 30.2. The van der Waals surface area contributed by atoms with Crippen LogP contribution >= 0.6 is 0 Å². The van der Waals surface area contributed by atoms with Gasteiger partial charge in [0.2, 0.25) is 11.8 Å². The van der Waals surface area contributed by atoms with Gasteiger partial charge in [-0.2, -0.15) is 0 Å². The van der Waals surface area contributed by atoms with Crippen LogP contribution < -0.4 is 10.6 Å². The van der Waals surface area contributed by atoms with Crippen LogP contribution in [0.25, 0.3) is 11.5 Å². The van der Waals surface area contributed by atoms with Crippen LogP contribution in [0.3, 0.4) is 0 Å².